The van der Waals surface area contributed by atoms with Crippen molar-refractivity contribution in [3.63, 3.8) is 0 Å². The predicted molar refractivity (Wildman–Crippen MR) is 98.4 cm³/mol. The van der Waals surface area contributed by atoms with E-state index in [1.807, 2.05) is 0 Å². The lowest BCUT2D eigenvalue weighted by Crippen LogP contribution is -2.17. The summed E-state index contributed by atoms with van der Waals surface area (Å²) in [4.78, 5) is 32.5. The van der Waals surface area contributed by atoms with Crippen molar-refractivity contribution >= 4 is 12.1 Å². The van der Waals surface area contributed by atoms with Crippen LogP contribution in [0.4, 0.5) is 4.79 Å². The SMILES string of the molecule is CCCCCCC(C)OC(=O)OOOC(=O)c1cc(OC)c(OC)cc1OC. The van der Waals surface area contributed by atoms with Gasteiger partial charge in [0.05, 0.1) is 26.4 Å². The molecule has 9 heteroatoms. The Labute approximate surface area is 164 Å². The number of hydrogen-bond donors (Lipinski definition) is 0. The highest BCUT2D eigenvalue weighted by molar-refractivity contribution is 5.93. The van der Waals surface area contributed by atoms with Gasteiger partial charge in [0.2, 0.25) is 0 Å². The molecule has 0 N–H and O–H groups in total. The van der Waals surface area contributed by atoms with Crippen LogP contribution in [-0.2, 0) is 19.6 Å². The molecule has 0 bridgehead atoms. The molecule has 1 unspecified atom stereocenters. The standard InChI is InChI=1S/C19H28O9/c1-6-7-8-9-10-13(2)25-19(21)27-28-26-18(20)14-11-16(23-4)17(24-5)12-15(14)22-3/h11-13H,6-10H2,1-5H3. The second-order valence-electron chi connectivity index (χ2n) is 5.96. The Kier molecular flexibility index (Phi) is 10.6. The second kappa shape index (κ2) is 12.7. The van der Waals surface area contributed by atoms with E-state index in [0.717, 1.165) is 25.7 Å². The quantitative estimate of drug-likeness (QED) is 0.221. The molecule has 1 aromatic rings. The number of rotatable bonds is 12. The number of methoxy groups -OCH3 is 3. The van der Waals surface area contributed by atoms with Crippen LogP contribution in [0, 0.1) is 0 Å². The summed E-state index contributed by atoms with van der Waals surface area (Å²) in [5.41, 5.74) is -0.0126. The highest BCUT2D eigenvalue weighted by atomic mass is 17.5. The van der Waals surface area contributed by atoms with Crippen LogP contribution in [0.15, 0.2) is 12.1 Å². The van der Waals surface area contributed by atoms with E-state index in [1.54, 1.807) is 6.92 Å². The molecule has 0 radical (unpaired) electrons. The Hall–Kier alpha value is -2.68. The number of unbranched alkanes of at least 4 members (excludes halogenated alkanes) is 3. The van der Waals surface area contributed by atoms with Crippen molar-refractivity contribution in [2.24, 2.45) is 0 Å². The van der Waals surface area contributed by atoms with Gasteiger partial charge in [-0.2, -0.15) is 0 Å². The Morgan fingerprint density at radius 2 is 1.54 bits per heavy atom. The molecular formula is C19H28O9. The largest absolute Gasteiger partial charge is 0.543 e. The first-order chi connectivity index (χ1) is 13.5. The maximum atomic E-state index is 12.1. The molecule has 1 atom stereocenters. The number of benzene rings is 1. The summed E-state index contributed by atoms with van der Waals surface area (Å²) < 4.78 is 20.4. The zero-order valence-corrected chi connectivity index (χ0v) is 16.9. The monoisotopic (exact) mass is 400 g/mol. The van der Waals surface area contributed by atoms with Gasteiger partial charge in [0.1, 0.15) is 17.4 Å². The molecule has 0 aliphatic rings. The molecule has 0 saturated heterocycles. The summed E-state index contributed by atoms with van der Waals surface area (Å²) in [5.74, 6) is -0.148. The molecule has 0 heterocycles. The van der Waals surface area contributed by atoms with Gasteiger partial charge in [-0.15, -0.1) is 0 Å². The summed E-state index contributed by atoms with van der Waals surface area (Å²) in [7, 11) is 4.23. The smallest absolute Gasteiger partial charge is 0.496 e. The first kappa shape index (κ1) is 23.4. The molecule has 0 saturated carbocycles. The highest BCUT2D eigenvalue weighted by Gasteiger charge is 2.21. The number of carbonyl (C=O) groups excluding carboxylic acids is 2. The molecule has 0 amide bonds. The van der Waals surface area contributed by atoms with E-state index in [1.165, 1.54) is 33.5 Å². The lowest BCUT2D eigenvalue weighted by molar-refractivity contribution is -0.453. The van der Waals surface area contributed by atoms with Crippen LogP contribution in [0.3, 0.4) is 0 Å². The van der Waals surface area contributed by atoms with E-state index in [4.69, 9.17) is 18.9 Å². The van der Waals surface area contributed by atoms with Crippen molar-refractivity contribution in [1.29, 1.82) is 0 Å². The summed E-state index contributed by atoms with van der Waals surface area (Å²) in [6.07, 6.45) is 3.54. The predicted octanol–water partition coefficient (Wildman–Crippen LogP) is 4.23. The van der Waals surface area contributed by atoms with Gasteiger partial charge >= 0.3 is 12.1 Å². The fourth-order valence-corrected chi connectivity index (χ4v) is 2.41. The van der Waals surface area contributed by atoms with Crippen molar-refractivity contribution < 1.29 is 43.3 Å². The van der Waals surface area contributed by atoms with Crippen molar-refractivity contribution in [2.75, 3.05) is 21.3 Å². The van der Waals surface area contributed by atoms with Crippen LogP contribution in [0.1, 0.15) is 56.3 Å². The van der Waals surface area contributed by atoms with E-state index in [9.17, 15) is 9.59 Å². The number of hydrogen-bond acceptors (Lipinski definition) is 9. The van der Waals surface area contributed by atoms with E-state index < -0.39 is 12.1 Å². The van der Waals surface area contributed by atoms with Crippen LogP contribution >= 0.6 is 0 Å². The van der Waals surface area contributed by atoms with E-state index in [2.05, 4.69) is 21.7 Å². The van der Waals surface area contributed by atoms with Gasteiger partial charge in [-0.05, 0) is 19.8 Å². The minimum absolute atomic E-state index is 0.0126. The highest BCUT2D eigenvalue weighted by Crippen LogP contribution is 2.34. The molecule has 158 valence electrons. The third kappa shape index (κ3) is 7.51. The first-order valence-electron chi connectivity index (χ1n) is 9.02. The molecular weight excluding hydrogens is 372 g/mol. The van der Waals surface area contributed by atoms with Crippen LogP contribution in [0.5, 0.6) is 17.2 Å². The molecule has 1 rings (SSSR count). The average Bonchev–Trinajstić information content (AvgIpc) is 2.69. The van der Waals surface area contributed by atoms with Crippen molar-refractivity contribution in [1.82, 2.24) is 0 Å². The van der Waals surface area contributed by atoms with Crippen molar-refractivity contribution in [2.45, 2.75) is 52.1 Å². The third-order valence-electron chi connectivity index (χ3n) is 3.90. The molecule has 28 heavy (non-hydrogen) atoms. The summed E-state index contributed by atoms with van der Waals surface area (Å²) >= 11 is 0. The lowest BCUT2D eigenvalue weighted by Gasteiger charge is -2.13. The van der Waals surface area contributed by atoms with Gasteiger partial charge in [-0.1, -0.05) is 26.2 Å². The fraction of sp³-hybridized carbons (Fsp3) is 0.579. The average molecular weight is 400 g/mol. The molecule has 0 aliphatic heterocycles. The molecule has 0 aliphatic carbocycles. The number of carbonyl (C=O) groups is 2. The van der Waals surface area contributed by atoms with Gasteiger partial charge in [0, 0.05) is 12.1 Å². The van der Waals surface area contributed by atoms with Gasteiger partial charge in [0.25, 0.3) is 0 Å². The van der Waals surface area contributed by atoms with Gasteiger partial charge in [0.15, 0.2) is 11.5 Å². The first-order valence-corrected chi connectivity index (χ1v) is 9.02. The van der Waals surface area contributed by atoms with Crippen molar-refractivity contribution in [3.8, 4) is 17.2 Å². The maximum Gasteiger partial charge on any atom is 0.543 e. The van der Waals surface area contributed by atoms with Crippen LogP contribution in [-0.4, -0.2) is 39.6 Å². The van der Waals surface area contributed by atoms with E-state index >= 15 is 0 Å². The second-order valence-corrected chi connectivity index (χ2v) is 5.96. The van der Waals surface area contributed by atoms with Gasteiger partial charge in [-0.3, -0.25) is 4.89 Å². The minimum Gasteiger partial charge on any atom is -0.496 e. The fourth-order valence-electron chi connectivity index (χ4n) is 2.41. The Morgan fingerprint density at radius 1 is 0.893 bits per heavy atom. The number of ether oxygens (including phenoxy) is 4. The normalized spacial score (nSPS) is 11.3. The summed E-state index contributed by atoms with van der Waals surface area (Å²) in [6.45, 7) is 3.86. The molecule has 1 aromatic carbocycles. The molecule has 9 nitrogen and oxygen atoms in total. The summed E-state index contributed by atoms with van der Waals surface area (Å²) in [6, 6.07) is 2.80. The topological polar surface area (TPSA) is 98.8 Å². The van der Waals surface area contributed by atoms with Crippen LogP contribution in [0.25, 0.3) is 0 Å². The zero-order chi connectivity index (χ0) is 20.9. The van der Waals surface area contributed by atoms with E-state index in [0.29, 0.717) is 12.2 Å². The van der Waals surface area contributed by atoms with Crippen LogP contribution < -0.4 is 14.2 Å². The molecule has 0 fully saturated rings. The van der Waals surface area contributed by atoms with E-state index in [-0.39, 0.29) is 23.2 Å². The summed E-state index contributed by atoms with van der Waals surface area (Å²) in [5, 5.41) is 4.23. The molecule has 0 spiro atoms. The molecule has 0 aromatic heterocycles. The maximum absolute atomic E-state index is 12.1. The Bertz CT molecular complexity index is 630. The van der Waals surface area contributed by atoms with Crippen molar-refractivity contribution in [3.05, 3.63) is 17.7 Å². The zero-order valence-electron chi connectivity index (χ0n) is 16.9. The van der Waals surface area contributed by atoms with Gasteiger partial charge < -0.3 is 18.9 Å². The third-order valence-corrected chi connectivity index (χ3v) is 3.90. The Balaban J connectivity index is 2.50. The van der Waals surface area contributed by atoms with Gasteiger partial charge in [-0.25, -0.2) is 14.5 Å². The lowest BCUT2D eigenvalue weighted by atomic mass is 10.1. The van der Waals surface area contributed by atoms with Crippen LogP contribution in [0.2, 0.25) is 0 Å². The minimum atomic E-state index is -1.10. The Morgan fingerprint density at radius 3 is 2.14 bits per heavy atom.